The van der Waals surface area contributed by atoms with Crippen LogP contribution < -0.4 is 10.1 Å². The lowest BCUT2D eigenvalue weighted by molar-refractivity contribution is 0.407. The summed E-state index contributed by atoms with van der Waals surface area (Å²) < 4.78 is 8.39. The van der Waals surface area contributed by atoms with Crippen molar-refractivity contribution in [3.05, 3.63) is 70.7 Å². The molecule has 0 aliphatic heterocycles. The summed E-state index contributed by atoms with van der Waals surface area (Å²) in [6.45, 7) is 1.30. The lowest BCUT2D eigenvalue weighted by atomic mass is 10.2. The molecule has 0 saturated carbocycles. The average molecular weight is 373 g/mol. The summed E-state index contributed by atoms with van der Waals surface area (Å²) in [5.41, 5.74) is 2.14. The minimum absolute atomic E-state index is 0.616. The number of para-hydroxylation sites is 1. The smallest absolute Gasteiger partial charge is 0.151 e. The highest BCUT2D eigenvalue weighted by molar-refractivity contribution is 9.10. The molecule has 23 heavy (non-hydrogen) atoms. The van der Waals surface area contributed by atoms with Gasteiger partial charge in [-0.25, -0.2) is 0 Å². The van der Waals surface area contributed by atoms with Crippen molar-refractivity contribution in [1.82, 2.24) is 20.1 Å². The number of nitrogens with one attached hydrogen (secondary N) is 1. The molecule has 0 spiro atoms. The van der Waals surface area contributed by atoms with Gasteiger partial charge in [0, 0.05) is 22.3 Å². The molecule has 1 N–H and O–H groups in total. The van der Waals surface area contributed by atoms with Crippen LogP contribution in [0.1, 0.15) is 11.4 Å². The maximum Gasteiger partial charge on any atom is 0.151 e. The van der Waals surface area contributed by atoms with Crippen molar-refractivity contribution < 1.29 is 4.74 Å². The van der Waals surface area contributed by atoms with E-state index in [-0.39, 0.29) is 0 Å². The van der Waals surface area contributed by atoms with Crippen molar-refractivity contribution in [2.75, 3.05) is 7.11 Å². The summed E-state index contributed by atoms with van der Waals surface area (Å²) in [6.07, 6.45) is 1.73. The molecule has 6 heteroatoms. The van der Waals surface area contributed by atoms with E-state index in [2.05, 4.69) is 31.4 Å². The Kier molecular flexibility index (Phi) is 5.05. The number of hydrogen-bond donors (Lipinski definition) is 1. The molecule has 3 rings (SSSR count). The number of ether oxygens (including phenoxy) is 1. The third-order valence-corrected chi connectivity index (χ3v) is 3.99. The monoisotopic (exact) mass is 372 g/mol. The van der Waals surface area contributed by atoms with E-state index >= 15 is 0 Å². The number of halogens is 1. The zero-order chi connectivity index (χ0) is 16.1. The third-order valence-electron chi connectivity index (χ3n) is 3.49. The van der Waals surface area contributed by atoms with Crippen LogP contribution in [-0.4, -0.2) is 21.9 Å². The van der Waals surface area contributed by atoms with Gasteiger partial charge in [0.2, 0.25) is 0 Å². The second kappa shape index (κ2) is 7.39. The van der Waals surface area contributed by atoms with E-state index in [4.69, 9.17) is 4.74 Å². The first-order valence-corrected chi connectivity index (χ1v) is 8.04. The number of benzene rings is 2. The number of methoxy groups -OCH3 is 1. The van der Waals surface area contributed by atoms with E-state index in [1.807, 2.05) is 53.1 Å². The SMILES string of the molecule is COc1ccc(Br)cc1CNCc1nncn1-c1ccccc1. The van der Waals surface area contributed by atoms with Gasteiger partial charge < -0.3 is 10.1 Å². The molecule has 3 aromatic rings. The fraction of sp³-hybridized carbons (Fsp3) is 0.176. The van der Waals surface area contributed by atoms with Gasteiger partial charge in [0.15, 0.2) is 5.82 Å². The predicted octanol–water partition coefficient (Wildman–Crippen LogP) is 3.33. The van der Waals surface area contributed by atoms with Gasteiger partial charge in [-0.3, -0.25) is 4.57 Å². The molecule has 5 nitrogen and oxygen atoms in total. The maximum absolute atomic E-state index is 5.39. The summed E-state index contributed by atoms with van der Waals surface area (Å²) >= 11 is 3.49. The lowest BCUT2D eigenvalue weighted by Crippen LogP contribution is -2.16. The normalized spacial score (nSPS) is 10.7. The molecule has 0 bridgehead atoms. The van der Waals surface area contributed by atoms with E-state index in [1.165, 1.54) is 0 Å². The molecular formula is C17H17BrN4O. The largest absolute Gasteiger partial charge is 0.496 e. The molecular weight excluding hydrogens is 356 g/mol. The second-order valence-electron chi connectivity index (χ2n) is 5.01. The fourth-order valence-electron chi connectivity index (χ4n) is 2.38. The standard InChI is InChI=1S/C17H17BrN4O/c1-23-16-8-7-14(18)9-13(16)10-19-11-17-21-20-12-22(17)15-5-3-2-4-6-15/h2-9,12,19H,10-11H2,1H3. The molecule has 0 aliphatic rings. The Morgan fingerprint density at radius 3 is 2.74 bits per heavy atom. The number of aromatic nitrogens is 3. The molecule has 1 aromatic heterocycles. The third kappa shape index (κ3) is 3.78. The minimum Gasteiger partial charge on any atom is -0.496 e. The van der Waals surface area contributed by atoms with Gasteiger partial charge in [-0.05, 0) is 30.3 Å². The maximum atomic E-state index is 5.39. The van der Waals surface area contributed by atoms with Crippen LogP contribution >= 0.6 is 15.9 Å². The van der Waals surface area contributed by atoms with Crippen LogP contribution in [0.4, 0.5) is 0 Å². The highest BCUT2D eigenvalue weighted by Gasteiger charge is 2.07. The lowest BCUT2D eigenvalue weighted by Gasteiger charge is -2.11. The first-order chi connectivity index (χ1) is 11.3. The summed E-state index contributed by atoms with van der Waals surface area (Å²) in [6, 6.07) is 16.0. The molecule has 0 amide bonds. The summed E-state index contributed by atoms with van der Waals surface area (Å²) in [4.78, 5) is 0. The summed E-state index contributed by atoms with van der Waals surface area (Å²) in [5.74, 6) is 1.73. The topological polar surface area (TPSA) is 52.0 Å². The molecule has 0 atom stereocenters. The first kappa shape index (κ1) is 15.7. The number of rotatable bonds is 6. The Morgan fingerprint density at radius 1 is 1.13 bits per heavy atom. The molecule has 0 radical (unpaired) electrons. The van der Waals surface area contributed by atoms with Gasteiger partial charge in [-0.2, -0.15) is 0 Å². The molecule has 1 heterocycles. The van der Waals surface area contributed by atoms with Crippen LogP contribution in [0.25, 0.3) is 5.69 Å². The zero-order valence-electron chi connectivity index (χ0n) is 12.7. The van der Waals surface area contributed by atoms with Crippen LogP contribution in [-0.2, 0) is 13.1 Å². The van der Waals surface area contributed by atoms with Gasteiger partial charge in [0.05, 0.1) is 13.7 Å². The Balaban J connectivity index is 1.69. The second-order valence-corrected chi connectivity index (χ2v) is 5.93. The van der Waals surface area contributed by atoms with E-state index in [1.54, 1.807) is 13.4 Å². The fourth-order valence-corrected chi connectivity index (χ4v) is 2.79. The van der Waals surface area contributed by atoms with Gasteiger partial charge in [-0.1, -0.05) is 34.1 Å². The van der Waals surface area contributed by atoms with Gasteiger partial charge in [0.25, 0.3) is 0 Å². The average Bonchev–Trinajstić information content (AvgIpc) is 3.04. The van der Waals surface area contributed by atoms with Crippen LogP contribution in [0.3, 0.4) is 0 Å². The molecule has 118 valence electrons. The van der Waals surface area contributed by atoms with Crippen LogP contribution in [0, 0.1) is 0 Å². The highest BCUT2D eigenvalue weighted by Crippen LogP contribution is 2.22. The van der Waals surface area contributed by atoms with Gasteiger partial charge in [0.1, 0.15) is 12.1 Å². The molecule has 0 unspecified atom stereocenters. The Labute approximate surface area is 143 Å². The van der Waals surface area contributed by atoms with Crippen LogP contribution in [0.15, 0.2) is 59.3 Å². The number of hydrogen-bond acceptors (Lipinski definition) is 4. The van der Waals surface area contributed by atoms with Gasteiger partial charge in [-0.15, -0.1) is 10.2 Å². The van der Waals surface area contributed by atoms with E-state index in [0.717, 1.165) is 27.3 Å². The van der Waals surface area contributed by atoms with E-state index in [0.29, 0.717) is 13.1 Å². The van der Waals surface area contributed by atoms with Crippen molar-refractivity contribution in [3.8, 4) is 11.4 Å². The first-order valence-electron chi connectivity index (χ1n) is 7.25. The van der Waals surface area contributed by atoms with Gasteiger partial charge >= 0.3 is 0 Å². The predicted molar refractivity (Wildman–Crippen MR) is 92.6 cm³/mol. The Hall–Kier alpha value is -2.18. The van der Waals surface area contributed by atoms with Crippen molar-refractivity contribution in [2.45, 2.75) is 13.1 Å². The number of nitrogens with zero attached hydrogens (tertiary/aromatic N) is 3. The highest BCUT2D eigenvalue weighted by atomic mass is 79.9. The van der Waals surface area contributed by atoms with Crippen LogP contribution in [0.2, 0.25) is 0 Å². The van der Waals surface area contributed by atoms with Crippen molar-refractivity contribution in [3.63, 3.8) is 0 Å². The molecule has 0 fully saturated rings. The summed E-state index contributed by atoms with van der Waals surface area (Å²) in [5, 5.41) is 11.6. The van der Waals surface area contributed by atoms with E-state index < -0.39 is 0 Å². The molecule has 0 aliphatic carbocycles. The van der Waals surface area contributed by atoms with Crippen LogP contribution in [0.5, 0.6) is 5.75 Å². The van der Waals surface area contributed by atoms with Crippen molar-refractivity contribution in [2.24, 2.45) is 0 Å². The summed E-state index contributed by atoms with van der Waals surface area (Å²) in [7, 11) is 1.68. The van der Waals surface area contributed by atoms with Crippen molar-refractivity contribution >= 4 is 15.9 Å². The van der Waals surface area contributed by atoms with E-state index in [9.17, 15) is 0 Å². The van der Waals surface area contributed by atoms with Crippen molar-refractivity contribution in [1.29, 1.82) is 0 Å². The zero-order valence-corrected chi connectivity index (χ0v) is 14.3. The molecule has 0 saturated heterocycles. The minimum atomic E-state index is 0.616. The Morgan fingerprint density at radius 2 is 1.96 bits per heavy atom. The Bertz CT molecular complexity index is 773. The quantitative estimate of drug-likeness (QED) is 0.720. The molecule has 2 aromatic carbocycles.